The van der Waals surface area contributed by atoms with Crippen molar-refractivity contribution in [2.24, 2.45) is 5.92 Å². The summed E-state index contributed by atoms with van der Waals surface area (Å²) in [5, 5.41) is 2.96. The van der Waals surface area contributed by atoms with Crippen molar-refractivity contribution in [2.75, 3.05) is 18.4 Å². The zero-order valence-corrected chi connectivity index (χ0v) is 20.2. The Labute approximate surface area is 202 Å². The van der Waals surface area contributed by atoms with E-state index in [4.69, 9.17) is 4.74 Å². The molecule has 1 aliphatic heterocycles. The van der Waals surface area contributed by atoms with E-state index in [9.17, 15) is 4.79 Å². The molecule has 0 saturated carbocycles. The second-order valence-corrected chi connectivity index (χ2v) is 9.13. The molecule has 1 N–H and O–H groups in total. The molecular weight excluding hydrogens is 422 g/mol. The molecule has 2 atom stereocenters. The number of amides is 2. The molecule has 4 rings (SSSR count). The van der Waals surface area contributed by atoms with Gasteiger partial charge in [0.1, 0.15) is 5.75 Å². The Morgan fingerprint density at radius 2 is 2.00 bits per heavy atom. The molecule has 0 spiro atoms. The smallest absolute Gasteiger partial charge is 0.321 e. The van der Waals surface area contributed by atoms with Crippen LogP contribution in [0.5, 0.6) is 5.75 Å². The molecule has 34 heavy (non-hydrogen) atoms. The molecule has 5 heteroatoms. The topological polar surface area (TPSA) is 54.5 Å². The van der Waals surface area contributed by atoms with Crippen molar-refractivity contribution < 1.29 is 9.53 Å². The molecule has 5 nitrogen and oxygen atoms in total. The van der Waals surface area contributed by atoms with Crippen LogP contribution in [-0.2, 0) is 6.42 Å². The van der Waals surface area contributed by atoms with Gasteiger partial charge in [-0.3, -0.25) is 4.98 Å². The number of aryl methyl sites for hydroxylation is 1. The third-order valence-electron chi connectivity index (χ3n) is 6.16. The maximum absolute atomic E-state index is 12.7. The summed E-state index contributed by atoms with van der Waals surface area (Å²) in [5.41, 5.74) is 5.42. The Morgan fingerprint density at radius 3 is 2.74 bits per heavy atom. The first-order chi connectivity index (χ1) is 16.5. The van der Waals surface area contributed by atoms with Crippen LogP contribution in [0.25, 0.3) is 6.08 Å². The minimum atomic E-state index is -0.0700. The molecule has 1 aromatic heterocycles. The maximum atomic E-state index is 12.7. The van der Waals surface area contributed by atoms with Crippen LogP contribution in [0, 0.1) is 12.8 Å². The predicted molar refractivity (Wildman–Crippen MR) is 138 cm³/mol. The van der Waals surface area contributed by atoms with Gasteiger partial charge in [0, 0.05) is 25.2 Å². The fraction of sp³-hybridized carbons (Fsp3) is 0.310. The SMILES string of the molecule is Cc1ccc(NC(=O)N2CC/C(=C\c3cccc(OC(C)Cc4ccccc4)c3)C(C)C2)cn1. The minimum absolute atomic E-state index is 0.0700. The van der Waals surface area contributed by atoms with E-state index in [1.807, 2.05) is 42.2 Å². The molecule has 0 bridgehead atoms. The summed E-state index contributed by atoms with van der Waals surface area (Å²) in [7, 11) is 0. The second-order valence-electron chi connectivity index (χ2n) is 9.13. The van der Waals surface area contributed by atoms with Crippen LogP contribution in [0.2, 0.25) is 0 Å². The fourth-order valence-electron chi connectivity index (χ4n) is 4.30. The standard InChI is InChI=1S/C29H33N3O2/c1-21-20-32(29(33)31-27-13-12-22(2)30-19-27)15-14-26(21)17-25-10-7-11-28(18-25)34-23(3)16-24-8-5-4-6-9-24/h4-13,17-19,21,23H,14-16,20H2,1-3H3,(H,31,33)/b26-17+. The van der Waals surface area contributed by atoms with Crippen molar-refractivity contribution in [1.29, 1.82) is 0 Å². The first-order valence-corrected chi connectivity index (χ1v) is 12.0. The molecule has 0 radical (unpaired) electrons. The molecule has 1 aliphatic rings. The number of hydrogen-bond acceptors (Lipinski definition) is 3. The normalized spacial score (nSPS) is 17.9. The number of piperidine rings is 1. The molecule has 1 saturated heterocycles. The highest BCUT2D eigenvalue weighted by atomic mass is 16.5. The highest BCUT2D eigenvalue weighted by Crippen LogP contribution is 2.27. The van der Waals surface area contributed by atoms with Crippen molar-refractivity contribution in [2.45, 2.75) is 39.7 Å². The van der Waals surface area contributed by atoms with E-state index in [0.717, 1.165) is 35.5 Å². The maximum Gasteiger partial charge on any atom is 0.321 e. The highest BCUT2D eigenvalue weighted by Gasteiger charge is 2.24. The van der Waals surface area contributed by atoms with Crippen molar-refractivity contribution in [1.82, 2.24) is 9.88 Å². The summed E-state index contributed by atoms with van der Waals surface area (Å²) >= 11 is 0. The van der Waals surface area contributed by atoms with Crippen LogP contribution in [0.3, 0.4) is 0 Å². The molecule has 0 aliphatic carbocycles. The van der Waals surface area contributed by atoms with E-state index < -0.39 is 0 Å². The van der Waals surface area contributed by atoms with Crippen LogP contribution in [0.15, 0.2) is 78.5 Å². The van der Waals surface area contributed by atoms with Gasteiger partial charge in [0.05, 0.1) is 18.0 Å². The van der Waals surface area contributed by atoms with Gasteiger partial charge < -0.3 is 15.0 Å². The second kappa shape index (κ2) is 11.0. The van der Waals surface area contributed by atoms with Gasteiger partial charge in [0.15, 0.2) is 0 Å². The van der Waals surface area contributed by atoms with E-state index >= 15 is 0 Å². The third kappa shape index (κ3) is 6.47. The number of likely N-dealkylation sites (tertiary alicyclic amines) is 1. The number of carbonyl (C=O) groups excluding carboxylic acids is 1. The number of nitrogens with one attached hydrogen (secondary N) is 1. The summed E-state index contributed by atoms with van der Waals surface area (Å²) in [5.74, 6) is 1.17. The number of pyridine rings is 1. The molecule has 2 amide bonds. The summed E-state index contributed by atoms with van der Waals surface area (Å²) in [6, 6.07) is 22.4. The van der Waals surface area contributed by atoms with E-state index in [2.05, 4.69) is 66.6 Å². The summed E-state index contributed by atoms with van der Waals surface area (Å²) in [6.07, 6.45) is 5.77. The molecule has 2 unspecified atom stereocenters. The number of aromatic nitrogens is 1. The van der Waals surface area contributed by atoms with Crippen molar-refractivity contribution in [3.63, 3.8) is 0 Å². The van der Waals surface area contributed by atoms with Gasteiger partial charge in [0.2, 0.25) is 0 Å². The first kappa shape index (κ1) is 23.6. The number of benzene rings is 2. The number of hydrogen-bond donors (Lipinski definition) is 1. The number of anilines is 1. The summed E-state index contributed by atoms with van der Waals surface area (Å²) in [6.45, 7) is 7.61. The van der Waals surface area contributed by atoms with Crippen LogP contribution < -0.4 is 10.1 Å². The number of urea groups is 1. The average Bonchev–Trinajstić information content (AvgIpc) is 2.82. The molecule has 3 aromatic rings. The molecule has 176 valence electrons. The van der Waals surface area contributed by atoms with E-state index in [1.54, 1.807) is 6.20 Å². The number of carbonyl (C=O) groups is 1. The lowest BCUT2D eigenvalue weighted by atomic mass is 9.91. The molecule has 2 heterocycles. The zero-order valence-electron chi connectivity index (χ0n) is 20.2. The minimum Gasteiger partial charge on any atom is -0.490 e. The monoisotopic (exact) mass is 455 g/mol. The predicted octanol–water partition coefficient (Wildman–Crippen LogP) is 6.36. The van der Waals surface area contributed by atoms with E-state index in [0.29, 0.717) is 13.1 Å². The van der Waals surface area contributed by atoms with Gasteiger partial charge in [-0.05, 0) is 61.6 Å². The lowest BCUT2D eigenvalue weighted by Crippen LogP contribution is -2.42. The fourth-order valence-corrected chi connectivity index (χ4v) is 4.30. The van der Waals surface area contributed by atoms with Crippen molar-refractivity contribution in [3.05, 3.63) is 95.3 Å². The Balaban J connectivity index is 1.34. The largest absolute Gasteiger partial charge is 0.490 e. The lowest BCUT2D eigenvalue weighted by molar-refractivity contribution is 0.198. The van der Waals surface area contributed by atoms with Crippen molar-refractivity contribution in [3.8, 4) is 5.75 Å². The Morgan fingerprint density at radius 1 is 1.18 bits per heavy atom. The Bertz CT molecular complexity index is 1130. The summed E-state index contributed by atoms with van der Waals surface area (Å²) < 4.78 is 6.19. The Kier molecular flexibility index (Phi) is 7.63. The number of nitrogens with zero attached hydrogens (tertiary/aromatic N) is 2. The number of ether oxygens (including phenoxy) is 1. The van der Waals surface area contributed by atoms with Gasteiger partial charge in [-0.15, -0.1) is 0 Å². The van der Waals surface area contributed by atoms with Gasteiger partial charge in [-0.25, -0.2) is 4.79 Å². The van der Waals surface area contributed by atoms with Gasteiger partial charge in [-0.2, -0.15) is 0 Å². The van der Waals surface area contributed by atoms with Crippen molar-refractivity contribution >= 4 is 17.8 Å². The van der Waals surface area contributed by atoms with Crippen LogP contribution >= 0.6 is 0 Å². The Hall–Kier alpha value is -3.60. The highest BCUT2D eigenvalue weighted by molar-refractivity contribution is 5.89. The first-order valence-electron chi connectivity index (χ1n) is 12.0. The molecule has 2 aromatic carbocycles. The lowest BCUT2D eigenvalue weighted by Gasteiger charge is -2.33. The van der Waals surface area contributed by atoms with Crippen LogP contribution in [-0.4, -0.2) is 35.1 Å². The van der Waals surface area contributed by atoms with Crippen LogP contribution in [0.1, 0.15) is 37.1 Å². The molecular formula is C29H33N3O2. The van der Waals surface area contributed by atoms with Crippen LogP contribution in [0.4, 0.5) is 10.5 Å². The van der Waals surface area contributed by atoms with Gasteiger partial charge >= 0.3 is 6.03 Å². The third-order valence-corrected chi connectivity index (χ3v) is 6.16. The number of rotatable bonds is 6. The zero-order chi connectivity index (χ0) is 23.9. The van der Waals surface area contributed by atoms with E-state index in [1.165, 1.54) is 11.1 Å². The average molecular weight is 456 g/mol. The summed E-state index contributed by atoms with van der Waals surface area (Å²) in [4.78, 5) is 18.8. The van der Waals surface area contributed by atoms with Gasteiger partial charge in [0.25, 0.3) is 0 Å². The van der Waals surface area contributed by atoms with E-state index in [-0.39, 0.29) is 18.1 Å². The molecule has 1 fully saturated rings. The quantitative estimate of drug-likeness (QED) is 0.471. The van der Waals surface area contributed by atoms with Gasteiger partial charge in [-0.1, -0.05) is 61.0 Å².